The van der Waals surface area contributed by atoms with E-state index in [-0.39, 0.29) is 43.2 Å². The van der Waals surface area contributed by atoms with E-state index in [1.54, 1.807) is 54.6 Å². The fourth-order valence-corrected chi connectivity index (χ4v) is 11.0. The third-order valence-corrected chi connectivity index (χ3v) is 13.4. The molecule has 0 saturated carbocycles. The van der Waals surface area contributed by atoms with Crippen LogP contribution in [0.15, 0.2) is 133 Å². The highest BCUT2D eigenvalue weighted by Gasteiger charge is 2.41. The first kappa shape index (κ1) is 34.9. The number of fused-ring (bicyclic) bond motifs is 6. The molecule has 0 radical (unpaired) electrons. The number of rotatable bonds is 8. The molecule has 0 spiro atoms. The molecule has 2 atom stereocenters. The first-order valence-corrected chi connectivity index (χ1v) is 19.6. The summed E-state index contributed by atoms with van der Waals surface area (Å²) in [6, 6.07) is 38.4. The van der Waals surface area contributed by atoms with Gasteiger partial charge in [-0.2, -0.15) is 0 Å². The largest absolute Gasteiger partial charge is 0.508 e. The number of benzene rings is 6. The van der Waals surface area contributed by atoms with Crippen molar-refractivity contribution in [2.45, 2.75) is 0 Å². The SMILES string of the molecule is O=P1(c2cc(O)ccc2O)Oc2ccccc2-c2ccccc21.O=P1(c2cc(OCCO)ccc2OCCO)Oc2ccccc2-c2ccccc21. The van der Waals surface area contributed by atoms with Gasteiger partial charge in [0.25, 0.3) is 0 Å². The molecule has 8 rings (SSSR count). The topological polar surface area (TPSA) is 152 Å². The van der Waals surface area contributed by atoms with Crippen LogP contribution in [0.2, 0.25) is 0 Å². The number of para-hydroxylation sites is 2. The van der Waals surface area contributed by atoms with Gasteiger partial charge in [0.05, 0.1) is 34.4 Å². The maximum Gasteiger partial charge on any atom is 0.311 e. The zero-order chi connectivity index (χ0) is 36.3. The average molecular weight is 737 g/mol. The van der Waals surface area contributed by atoms with Crippen LogP contribution in [0.25, 0.3) is 22.3 Å². The second-order valence-corrected chi connectivity index (χ2v) is 16.3. The maximum absolute atomic E-state index is 14.4. The zero-order valence-corrected chi connectivity index (χ0v) is 29.5. The van der Waals surface area contributed by atoms with Crippen LogP contribution in [0.3, 0.4) is 0 Å². The van der Waals surface area contributed by atoms with Crippen LogP contribution in [0, 0.1) is 0 Å². The van der Waals surface area contributed by atoms with Crippen LogP contribution >= 0.6 is 14.7 Å². The van der Waals surface area contributed by atoms with Crippen molar-refractivity contribution in [2.75, 3.05) is 26.4 Å². The fourth-order valence-electron chi connectivity index (χ4n) is 6.19. The Balaban J connectivity index is 0.000000166. The molecular weight excluding hydrogens is 702 g/mol. The highest BCUT2D eigenvalue weighted by molar-refractivity contribution is 7.75. The smallest absolute Gasteiger partial charge is 0.311 e. The van der Waals surface area contributed by atoms with Gasteiger partial charge in [-0.25, -0.2) is 0 Å². The lowest BCUT2D eigenvalue weighted by Gasteiger charge is -2.30. The number of hydrogen-bond donors (Lipinski definition) is 4. The minimum absolute atomic E-state index is 0.0576. The van der Waals surface area contributed by atoms with Crippen molar-refractivity contribution < 1.29 is 48.1 Å². The summed E-state index contributed by atoms with van der Waals surface area (Å²) < 4.78 is 51.2. The van der Waals surface area contributed by atoms with E-state index in [0.717, 1.165) is 22.3 Å². The molecular formula is C40H34O10P2. The molecule has 0 bridgehead atoms. The van der Waals surface area contributed by atoms with Crippen molar-refractivity contribution in [2.24, 2.45) is 0 Å². The molecule has 2 aliphatic rings. The minimum atomic E-state index is -3.57. The Bertz CT molecular complexity index is 2360. The number of phenolic OH excluding ortho intramolecular Hbond substituents is 2. The van der Waals surface area contributed by atoms with Crippen molar-refractivity contribution in [3.05, 3.63) is 133 Å². The lowest BCUT2D eigenvalue weighted by molar-refractivity contribution is 0.198. The minimum Gasteiger partial charge on any atom is -0.508 e. The monoisotopic (exact) mass is 736 g/mol. The lowest BCUT2D eigenvalue weighted by atomic mass is 10.0. The number of aromatic hydroxyl groups is 2. The number of phenols is 2. The molecule has 0 amide bonds. The number of aliphatic hydroxyl groups is 2. The van der Waals surface area contributed by atoms with Gasteiger partial charge in [0.2, 0.25) is 0 Å². The van der Waals surface area contributed by atoms with Crippen LogP contribution in [0.4, 0.5) is 0 Å². The predicted octanol–water partition coefficient (Wildman–Crippen LogP) is 6.10. The third kappa shape index (κ3) is 6.42. The normalized spacial score (nSPS) is 17.7. The van der Waals surface area contributed by atoms with Crippen LogP contribution in [0.5, 0.6) is 34.5 Å². The maximum atomic E-state index is 14.4. The highest BCUT2D eigenvalue weighted by atomic mass is 31.2. The Morgan fingerprint density at radius 3 is 1.58 bits per heavy atom. The molecule has 2 aliphatic heterocycles. The average Bonchev–Trinajstić information content (AvgIpc) is 3.18. The molecule has 52 heavy (non-hydrogen) atoms. The molecule has 6 aromatic rings. The van der Waals surface area contributed by atoms with E-state index in [4.69, 9.17) is 23.6 Å². The van der Waals surface area contributed by atoms with E-state index in [2.05, 4.69) is 0 Å². The summed E-state index contributed by atoms with van der Waals surface area (Å²) in [6.07, 6.45) is 0. The van der Waals surface area contributed by atoms with Crippen molar-refractivity contribution in [1.82, 2.24) is 0 Å². The van der Waals surface area contributed by atoms with Gasteiger partial charge in [-0.05, 0) is 71.8 Å². The molecule has 10 nitrogen and oxygen atoms in total. The first-order chi connectivity index (χ1) is 25.3. The Morgan fingerprint density at radius 1 is 0.500 bits per heavy atom. The van der Waals surface area contributed by atoms with E-state index in [1.807, 2.05) is 60.7 Å². The quantitative estimate of drug-likeness (QED) is 0.107. The summed E-state index contributed by atoms with van der Waals surface area (Å²) in [6.45, 7) is -0.141. The van der Waals surface area contributed by atoms with Gasteiger partial charge < -0.3 is 38.9 Å². The van der Waals surface area contributed by atoms with Crippen LogP contribution in [-0.2, 0) is 9.13 Å². The van der Waals surface area contributed by atoms with Crippen molar-refractivity contribution >= 4 is 36.0 Å². The summed E-state index contributed by atoms with van der Waals surface area (Å²) in [7, 11) is -7.14. The second kappa shape index (κ2) is 14.6. The van der Waals surface area contributed by atoms with Crippen LogP contribution < -0.4 is 39.7 Å². The lowest BCUT2D eigenvalue weighted by Crippen LogP contribution is -2.27. The van der Waals surface area contributed by atoms with E-state index < -0.39 is 14.7 Å². The zero-order valence-electron chi connectivity index (χ0n) is 27.7. The summed E-state index contributed by atoms with van der Waals surface area (Å²) >= 11 is 0. The second-order valence-electron chi connectivity index (χ2n) is 11.8. The third-order valence-electron chi connectivity index (χ3n) is 8.48. The molecule has 264 valence electrons. The molecule has 4 N–H and O–H groups in total. The summed E-state index contributed by atoms with van der Waals surface area (Å²) in [5, 5.41) is 39.7. The standard InChI is InChI=1S/C22H21O6P.C18H13O4P/c23-11-13-26-16-9-10-20(27-14-12-24)22(15-16)29(25)21-8-4-2-6-18(21)17-5-1-3-7-19(17)28-29;19-12-9-10-15(20)18(11-12)23(21)17-8-4-2-6-14(17)13-5-1-3-7-16(13)22-23/h1-10,15,23-24H,11-14H2;1-11,19-20H. The van der Waals surface area contributed by atoms with E-state index in [1.165, 1.54) is 18.2 Å². The highest BCUT2D eigenvalue weighted by Crippen LogP contribution is 2.56. The molecule has 2 heterocycles. The predicted molar refractivity (Wildman–Crippen MR) is 200 cm³/mol. The Morgan fingerprint density at radius 2 is 1.00 bits per heavy atom. The number of ether oxygens (including phenoxy) is 2. The number of aliphatic hydroxyl groups excluding tert-OH is 2. The van der Waals surface area contributed by atoms with Gasteiger partial charge in [-0.1, -0.05) is 72.8 Å². The van der Waals surface area contributed by atoms with Gasteiger partial charge in [0, 0.05) is 11.1 Å². The molecule has 0 aromatic heterocycles. The van der Waals surface area contributed by atoms with E-state index in [9.17, 15) is 24.4 Å². The van der Waals surface area contributed by atoms with Gasteiger partial charge in [0.1, 0.15) is 47.7 Å². The molecule has 6 aromatic carbocycles. The number of hydrogen-bond acceptors (Lipinski definition) is 10. The Kier molecular flexibility index (Phi) is 9.82. The van der Waals surface area contributed by atoms with E-state index >= 15 is 0 Å². The molecule has 12 heteroatoms. The molecule has 2 unspecified atom stereocenters. The summed E-state index contributed by atoms with van der Waals surface area (Å²) in [5.41, 5.74) is 3.38. The Hall–Kier alpha value is -5.50. The summed E-state index contributed by atoms with van der Waals surface area (Å²) in [4.78, 5) is 0. The van der Waals surface area contributed by atoms with E-state index in [0.29, 0.717) is 38.9 Å². The molecule has 0 aliphatic carbocycles. The van der Waals surface area contributed by atoms with Gasteiger partial charge in [-0.3, -0.25) is 9.13 Å². The first-order valence-electron chi connectivity index (χ1n) is 16.4. The summed E-state index contributed by atoms with van der Waals surface area (Å²) in [5.74, 6) is 1.59. The van der Waals surface area contributed by atoms with Crippen molar-refractivity contribution in [3.8, 4) is 56.8 Å². The van der Waals surface area contributed by atoms with Crippen LogP contribution in [-0.4, -0.2) is 46.9 Å². The van der Waals surface area contributed by atoms with Gasteiger partial charge in [0.15, 0.2) is 0 Å². The Labute approximate surface area is 300 Å². The van der Waals surface area contributed by atoms with Crippen molar-refractivity contribution in [3.63, 3.8) is 0 Å². The van der Waals surface area contributed by atoms with Crippen molar-refractivity contribution in [1.29, 1.82) is 0 Å². The van der Waals surface area contributed by atoms with Crippen LogP contribution in [0.1, 0.15) is 0 Å². The van der Waals surface area contributed by atoms with Gasteiger partial charge in [-0.15, -0.1) is 0 Å². The molecule has 0 saturated heterocycles. The fraction of sp³-hybridized carbons (Fsp3) is 0.100. The molecule has 0 fully saturated rings. The van der Waals surface area contributed by atoms with Gasteiger partial charge >= 0.3 is 14.7 Å².